The first-order chi connectivity index (χ1) is 11.6. The van der Waals surface area contributed by atoms with E-state index >= 15 is 0 Å². The second-order valence-electron chi connectivity index (χ2n) is 6.44. The number of hydrogen-bond donors (Lipinski definition) is 0. The molecular formula is C19H24N2O2S. The van der Waals surface area contributed by atoms with E-state index in [-0.39, 0.29) is 5.91 Å². The highest BCUT2D eigenvalue weighted by atomic mass is 32.1. The lowest BCUT2D eigenvalue weighted by molar-refractivity contribution is -0.128. The number of thiazole rings is 1. The normalized spacial score (nSPS) is 17.7. The summed E-state index contributed by atoms with van der Waals surface area (Å²) in [4.78, 5) is 19.8. The summed E-state index contributed by atoms with van der Waals surface area (Å²) >= 11 is 1.74. The fourth-order valence-corrected chi connectivity index (χ4v) is 4.18. The first-order valence-electron chi connectivity index (χ1n) is 8.37. The van der Waals surface area contributed by atoms with Crippen LogP contribution in [0.25, 0.3) is 11.3 Å². The Labute approximate surface area is 147 Å². The van der Waals surface area contributed by atoms with Gasteiger partial charge in [-0.1, -0.05) is 24.3 Å². The van der Waals surface area contributed by atoms with Gasteiger partial charge in [0.15, 0.2) is 0 Å². The molecule has 24 heavy (non-hydrogen) atoms. The molecule has 3 rings (SSSR count). The fourth-order valence-electron chi connectivity index (χ4n) is 3.34. The Morgan fingerprint density at radius 3 is 2.67 bits per heavy atom. The van der Waals surface area contributed by atoms with Crippen LogP contribution in [0.15, 0.2) is 24.3 Å². The van der Waals surface area contributed by atoms with Crippen molar-refractivity contribution in [2.45, 2.75) is 26.7 Å². The predicted octanol–water partition coefficient (Wildman–Crippen LogP) is 3.46. The van der Waals surface area contributed by atoms with Gasteiger partial charge >= 0.3 is 0 Å². The Hall–Kier alpha value is -1.72. The van der Waals surface area contributed by atoms with Gasteiger partial charge in [0.05, 0.1) is 17.3 Å². The fraction of sp³-hybridized carbons (Fsp3) is 0.474. The minimum Gasteiger partial charge on any atom is -0.383 e. The van der Waals surface area contributed by atoms with E-state index in [1.54, 1.807) is 18.4 Å². The van der Waals surface area contributed by atoms with Crippen molar-refractivity contribution in [2.75, 3.05) is 26.8 Å². The van der Waals surface area contributed by atoms with Gasteiger partial charge < -0.3 is 9.64 Å². The Morgan fingerprint density at radius 1 is 1.29 bits per heavy atom. The van der Waals surface area contributed by atoms with E-state index in [1.165, 1.54) is 16.0 Å². The van der Waals surface area contributed by atoms with Gasteiger partial charge in [-0.15, -0.1) is 11.3 Å². The molecule has 0 bridgehead atoms. The third kappa shape index (κ3) is 3.84. The number of ether oxygens (including phenoxy) is 1. The maximum Gasteiger partial charge on any atom is 0.223 e. The minimum atomic E-state index is 0.252. The Balaban J connectivity index is 1.63. The third-order valence-electron chi connectivity index (χ3n) is 4.52. The number of likely N-dealkylation sites (tertiary alicyclic amines) is 1. The summed E-state index contributed by atoms with van der Waals surface area (Å²) < 4.78 is 5.07. The molecule has 0 N–H and O–H groups in total. The number of rotatable bonds is 6. The molecule has 0 radical (unpaired) electrons. The molecule has 1 aliphatic rings. The van der Waals surface area contributed by atoms with Crippen LogP contribution in [0.5, 0.6) is 0 Å². The number of carbonyl (C=O) groups excluding carboxylic acids is 1. The van der Waals surface area contributed by atoms with E-state index < -0.39 is 0 Å². The number of carbonyl (C=O) groups is 1. The van der Waals surface area contributed by atoms with E-state index in [9.17, 15) is 4.79 Å². The summed E-state index contributed by atoms with van der Waals surface area (Å²) in [6.07, 6.45) is 1.60. The van der Waals surface area contributed by atoms with Crippen LogP contribution in [0.2, 0.25) is 0 Å². The van der Waals surface area contributed by atoms with E-state index in [4.69, 9.17) is 4.74 Å². The molecule has 5 heteroatoms. The maximum atomic E-state index is 12.0. The van der Waals surface area contributed by atoms with Gasteiger partial charge in [-0.05, 0) is 31.7 Å². The Kier molecular flexibility index (Phi) is 5.31. The van der Waals surface area contributed by atoms with Gasteiger partial charge in [0.25, 0.3) is 0 Å². The predicted molar refractivity (Wildman–Crippen MR) is 97.3 cm³/mol. The molecule has 1 aromatic carbocycles. The molecule has 0 spiro atoms. The van der Waals surface area contributed by atoms with Gasteiger partial charge in [-0.2, -0.15) is 0 Å². The van der Waals surface area contributed by atoms with Crippen LogP contribution in [-0.2, 0) is 16.0 Å². The zero-order valence-electron chi connectivity index (χ0n) is 14.5. The average molecular weight is 344 g/mol. The van der Waals surface area contributed by atoms with Gasteiger partial charge in [0.2, 0.25) is 5.91 Å². The highest BCUT2D eigenvalue weighted by Gasteiger charge is 2.29. The monoisotopic (exact) mass is 344 g/mol. The summed E-state index contributed by atoms with van der Waals surface area (Å²) in [5, 5.41) is 1.10. The molecule has 128 valence electrons. The highest BCUT2D eigenvalue weighted by Crippen LogP contribution is 2.28. The number of aromatic nitrogens is 1. The molecule has 1 atom stereocenters. The van der Waals surface area contributed by atoms with Crippen molar-refractivity contribution in [3.63, 3.8) is 0 Å². The van der Waals surface area contributed by atoms with Crippen LogP contribution in [0.3, 0.4) is 0 Å². The zero-order chi connectivity index (χ0) is 17.1. The van der Waals surface area contributed by atoms with Gasteiger partial charge in [0, 0.05) is 37.1 Å². The topological polar surface area (TPSA) is 42.4 Å². The van der Waals surface area contributed by atoms with Gasteiger partial charge in [-0.25, -0.2) is 4.98 Å². The van der Waals surface area contributed by atoms with Crippen molar-refractivity contribution in [2.24, 2.45) is 5.92 Å². The molecule has 1 amide bonds. The molecule has 0 aliphatic carbocycles. The quantitative estimate of drug-likeness (QED) is 0.806. The van der Waals surface area contributed by atoms with Gasteiger partial charge in [-0.3, -0.25) is 4.79 Å². The van der Waals surface area contributed by atoms with E-state index in [2.05, 4.69) is 36.2 Å². The molecular weight excluding hydrogens is 320 g/mol. The molecule has 1 aromatic heterocycles. The smallest absolute Gasteiger partial charge is 0.223 e. The average Bonchev–Trinajstić information content (AvgIpc) is 3.07. The minimum absolute atomic E-state index is 0.252. The van der Waals surface area contributed by atoms with Crippen LogP contribution < -0.4 is 0 Å². The first-order valence-corrected chi connectivity index (χ1v) is 9.18. The summed E-state index contributed by atoms with van der Waals surface area (Å²) in [5.41, 5.74) is 3.55. The van der Waals surface area contributed by atoms with Crippen molar-refractivity contribution in [1.82, 2.24) is 9.88 Å². The van der Waals surface area contributed by atoms with Crippen molar-refractivity contribution >= 4 is 17.2 Å². The number of benzene rings is 1. The summed E-state index contributed by atoms with van der Waals surface area (Å²) in [6.45, 7) is 6.32. The van der Waals surface area contributed by atoms with Crippen LogP contribution in [0.1, 0.15) is 21.9 Å². The number of amides is 1. The molecule has 1 aliphatic heterocycles. The SMILES string of the molecule is COCCN1C[C@@H](Cc2ccc(-c3nc(C)sc3C)cc2)CC1=O. The molecule has 2 aromatic rings. The molecule has 0 unspecified atom stereocenters. The summed E-state index contributed by atoms with van der Waals surface area (Å²) in [6, 6.07) is 8.64. The van der Waals surface area contributed by atoms with Crippen LogP contribution in [0.4, 0.5) is 0 Å². The molecule has 1 saturated heterocycles. The second-order valence-corrected chi connectivity index (χ2v) is 7.85. The summed E-state index contributed by atoms with van der Waals surface area (Å²) in [5.74, 6) is 0.658. The lowest BCUT2D eigenvalue weighted by Gasteiger charge is -2.16. The number of nitrogens with zero attached hydrogens (tertiary/aromatic N) is 2. The first kappa shape index (κ1) is 17.1. The van der Waals surface area contributed by atoms with E-state index in [1.807, 2.05) is 11.8 Å². The van der Waals surface area contributed by atoms with Crippen LogP contribution in [-0.4, -0.2) is 42.6 Å². The molecule has 2 heterocycles. The zero-order valence-corrected chi connectivity index (χ0v) is 15.4. The Morgan fingerprint density at radius 2 is 2.04 bits per heavy atom. The molecule has 1 fully saturated rings. The van der Waals surface area contributed by atoms with Crippen molar-refractivity contribution in [1.29, 1.82) is 0 Å². The number of methoxy groups -OCH3 is 1. The van der Waals surface area contributed by atoms with Crippen LogP contribution >= 0.6 is 11.3 Å². The Bertz CT molecular complexity index is 709. The maximum absolute atomic E-state index is 12.0. The highest BCUT2D eigenvalue weighted by molar-refractivity contribution is 7.11. The van der Waals surface area contributed by atoms with Crippen molar-refractivity contribution in [3.05, 3.63) is 39.7 Å². The lowest BCUT2D eigenvalue weighted by atomic mass is 9.97. The largest absolute Gasteiger partial charge is 0.383 e. The number of hydrogen-bond acceptors (Lipinski definition) is 4. The number of aryl methyl sites for hydroxylation is 2. The van der Waals surface area contributed by atoms with Crippen molar-refractivity contribution in [3.8, 4) is 11.3 Å². The molecule has 4 nitrogen and oxygen atoms in total. The van der Waals surface area contributed by atoms with Crippen LogP contribution in [0, 0.1) is 19.8 Å². The standard InChI is InChI=1S/C19H24N2O2S/c1-13-19(20-14(2)24-13)17-6-4-15(5-7-17)10-16-11-18(22)21(12-16)8-9-23-3/h4-7,16H,8-12H2,1-3H3/t16-/m0/s1. The van der Waals surface area contributed by atoms with Crippen molar-refractivity contribution < 1.29 is 9.53 Å². The summed E-state index contributed by atoms with van der Waals surface area (Å²) in [7, 11) is 1.67. The molecule has 0 saturated carbocycles. The second kappa shape index (κ2) is 7.45. The van der Waals surface area contributed by atoms with Gasteiger partial charge in [0.1, 0.15) is 0 Å². The van der Waals surface area contributed by atoms with E-state index in [0.717, 1.165) is 23.7 Å². The lowest BCUT2D eigenvalue weighted by Crippen LogP contribution is -2.28. The third-order valence-corrected chi connectivity index (χ3v) is 5.40. The van der Waals surface area contributed by atoms with E-state index in [0.29, 0.717) is 25.5 Å².